The highest BCUT2D eigenvalue weighted by molar-refractivity contribution is 5.26. The Balaban J connectivity index is 1.99. The molecule has 1 aliphatic rings. The maximum atomic E-state index is 10.7. The lowest BCUT2D eigenvalue weighted by Gasteiger charge is -2.31. The van der Waals surface area contributed by atoms with E-state index in [0.717, 1.165) is 12.0 Å². The minimum absolute atomic E-state index is 0.165. The predicted molar refractivity (Wildman–Crippen MR) is 89.6 cm³/mol. The van der Waals surface area contributed by atoms with Gasteiger partial charge in [0.15, 0.2) is 0 Å². The second-order valence-corrected chi connectivity index (χ2v) is 6.78. The molecular formula is C19H31NO. The largest absolute Gasteiger partial charge is 0.387 e. The first-order valence-electron chi connectivity index (χ1n) is 8.65. The normalized spacial score (nSPS) is 19.7. The van der Waals surface area contributed by atoms with Crippen molar-refractivity contribution in [3.63, 3.8) is 0 Å². The number of hydrogen-bond donors (Lipinski definition) is 2. The van der Waals surface area contributed by atoms with Crippen molar-refractivity contribution in [2.45, 2.75) is 83.4 Å². The van der Waals surface area contributed by atoms with Crippen molar-refractivity contribution < 1.29 is 5.11 Å². The smallest absolute Gasteiger partial charge is 0.0942 e. The minimum atomic E-state index is -0.405. The first-order chi connectivity index (χ1) is 10.1. The van der Waals surface area contributed by atoms with Gasteiger partial charge in [0.25, 0.3) is 0 Å². The zero-order valence-electron chi connectivity index (χ0n) is 13.8. The van der Waals surface area contributed by atoms with Crippen LogP contribution in [0.5, 0.6) is 0 Å². The first-order valence-corrected chi connectivity index (χ1v) is 8.65. The second-order valence-electron chi connectivity index (χ2n) is 6.78. The molecule has 0 spiro atoms. The van der Waals surface area contributed by atoms with Gasteiger partial charge in [0.05, 0.1) is 6.10 Å². The molecule has 2 atom stereocenters. The molecule has 118 valence electrons. The van der Waals surface area contributed by atoms with Crippen LogP contribution in [-0.2, 0) is 0 Å². The van der Waals surface area contributed by atoms with Gasteiger partial charge < -0.3 is 10.4 Å². The quantitative estimate of drug-likeness (QED) is 0.805. The zero-order chi connectivity index (χ0) is 15.2. The van der Waals surface area contributed by atoms with E-state index in [2.05, 4.69) is 50.4 Å². The van der Waals surface area contributed by atoms with Gasteiger partial charge in [0.2, 0.25) is 0 Å². The molecule has 0 bridgehead atoms. The fourth-order valence-corrected chi connectivity index (χ4v) is 3.31. The summed E-state index contributed by atoms with van der Waals surface area (Å²) in [6.45, 7) is 6.56. The van der Waals surface area contributed by atoms with Gasteiger partial charge in [0.1, 0.15) is 0 Å². The molecule has 0 saturated heterocycles. The SMILES string of the molecule is CCC(NC1CCCCC1)C(O)c1ccc(C(C)C)cc1. The lowest BCUT2D eigenvalue weighted by molar-refractivity contribution is 0.114. The van der Waals surface area contributed by atoms with E-state index in [-0.39, 0.29) is 6.04 Å². The molecule has 0 radical (unpaired) electrons. The molecule has 0 aromatic heterocycles. The standard InChI is InChI=1S/C19H31NO/c1-4-18(20-17-8-6-5-7-9-17)19(21)16-12-10-15(11-13-16)14(2)3/h10-14,17-21H,4-9H2,1-3H3. The average Bonchev–Trinajstić information content (AvgIpc) is 2.53. The van der Waals surface area contributed by atoms with Gasteiger partial charge in [0, 0.05) is 12.1 Å². The number of hydrogen-bond acceptors (Lipinski definition) is 2. The summed E-state index contributed by atoms with van der Waals surface area (Å²) in [5.74, 6) is 0.540. The van der Waals surface area contributed by atoms with Crippen molar-refractivity contribution in [2.75, 3.05) is 0 Å². The first kappa shape index (κ1) is 16.5. The number of benzene rings is 1. The lowest BCUT2D eigenvalue weighted by atomic mass is 9.92. The monoisotopic (exact) mass is 289 g/mol. The molecule has 1 aromatic carbocycles. The maximum absolute atomic E-state index is 10.7. The molecule has 1 fully saturated rings. The zero-order valence-corrected chi connectivity index (χ0v) is 13.8. The van der Waals surface area contributed by atoms with E-state index in [4.69, 9.17) is 0 Å². The van der Waals surface area contributed by atoms with Gasteiger partial charge in [-0.05, 0) is 36.3 Å². The molecule has 21 heavy (non-hydrogen) atoms. The fraction of sp³-hybridized carbons (Fsp3) is 0.684. The van der Waals surface area contributed by atoms with Gasteiger partial charge in [-0.15, -0.1) is 0 Å². The van der Waals surface area contributed by atoms with E-state index in [0.29, 0.717) is 12.0 Å². The predicted octanol–water partition coefficient (Wildman–Crippen LogP) is 4.54. The van der Waals surface area contributed by atoms with Crippen molar-refractivity contribution in [3.05, 3.63) is 35.4 Å². The van der Waals surface area contributed by atoms with Crippen molar-refractivity contribution >= 4 is 0 Å². The molecule has 0 aliphatic heterocycles. The Morgan fingerprint density at radius 3 is 2.14 bits per heavy atom. The van der Waals surface area contributed by atoms with Gasteiger partial charge in [-0.25, -0.2) is 0 Å². The summed E-state index contributed by atoms with van der Waals surface area (Å²) >= 11 is 0. The van der Waals surface area contributed by atoms with Gasteiger partial charge in [-0.1, -0.05) is 64.3 Å². The summed E-state index contributed by atoms with van der Waals surface area (Å²) in [5.41, 5.74) is 2.37. The van der Waals surface area contributed by atoms with Crippen LogP contribution in [0.2, 0.25) is 0 Å². The number of aliphatic hydroxyl groups excluding tert-OH is 1. The molecule has 1 aliphatic carbocycles. The summed E-state index contributed by atoms with van der Waals surface area (Å²) in [6.07, 6.45) is 7.10. The van der Waals surface area contributed by atoms with Crippen LogP contribution in [0.1, 0.15) is 82.4 Å². The minimum Gasteiger partial charge on any atom is -0.387 e. The summed E-state index contributed by atoms with van der Waals surface area (Å²) in [6, 6.07) is 9.23. The van der Waals surface area contributed by atoms with Gasteiger partial charge >= 0.3 is 0 Å². The van der Waals surface area contributed by atoms with Crippen LogP contribution in [0.3, 0.4) is 0 Å². The third kappa shape index (κ3) is 4.55. The van der Waals surface area contributed by atoms with E-state index in [9.17, 15) is 5.11 Å². The van der Waals surface area contributed by atoms with Crippen LogP contribution in [0.4, 0.5) is 0 Å². The summed E-state index contributed by atoms with van der Waals surface area (Å²) in [7, 11) is 0. The maximum Gasteiger partial charge on any atom is 0.0942 e. The topological polar surface area (TPSA) is 32.3 Å². The summed E-state index contributed by atoms with van der Waals surface area (Å²) in [4.78, 5) is 0. The number of aliphatic hydroxyl groups is 1. The molecule has 2 unspecified atom stereocenters. The molecule has 0 amide bonds. The van der Waals surface area contributed by atoms with Crippen LogP contribution in [0.15, 0.2) is 24.3 Å². The van der Waals surface area contributed by atoms with E-state index in [1.54, 1.807) is 0 Å². The average molecular weight is 289 g/mol. The van der Waals surface area contributed by atoms with E-state index < -0.39 is 6.10 Å². The van der Waals surface area contributed by atoms with E-state index in [1.165, 1.54) is 37.7 Å². The summed E-state index contributed by atoms with van der Waals surface area (Å²) in [5, 5.41) is 14.4. The lowest BCUT2D eigenvalue weighted by Crippen LogP contribution is -2.42. The Morgan fingerprint density at radius 1 is 1.05 bits per heavy atom. The highest BCUT2D eigenvalue weighted by atomic mass is 16.3. The second kappa shape index (κ2) is 7.95. The third-order valence-electron chi connectivity index (χ3n) is 4.82. The van der Waals surface area contributed by atoms with Crippen LogP contribution in [-0.4, -0.2) is 17.2 Å². The van der Waals surface area contributed by atoms with Gasteiger partial charge in [-0.3, -0.25) is 0 Å². The fourth-order valence-electron chi connectivity index (χ4n) is 3.31. The molecule has 2 rings (SSSR count). The highest BCUT2D eigenvalue weighted by Gasteiger charge is 2.23. The molecule has 0 heterocycles. The van der Waals surface area contributed by atoms with Crippen molar-refractivity contribution in [3.8, 4) is 0 Å². The van der Waals surface area contributed by atoms with E-state index in [1.807, 2.05) is 0 Å². The molecule has 2 nitrogen and oxygen atoms in total. The Bertz CT molecular complexity index is 406. The summed E-state index contributed by atoms with van der Waals surface area (Å²) < 4.78 is 0. The van der Waals surface area contributed by atoms with Crippen LogP contribution in [0.25, 0.3) is 0 Å². The number of nitrogens with one attached hydrogen (secondary N) is 1. The van der Waals surface area contributed by atoms with Crippen LogP contribution in [0, 0.1) is 0 Å². The molecule has 2 heteroatoms. The Hall–Kier alpha value is -0.860. The Labute approximate surface area is 130 Å². The van der Waals surface area contributed by atoms with E-state index >= 15 is 0 Å². The highest BCUT2D eigenvalue weighted by Crippen LogP contribution is 2.25. The molecule has 1 aromatic rings. The van der Waals surface area contributed by atoms with Gasteiger partial charge in [-0.2, -0.15) is 0 Å². The van der Waals surface area contributed by atoms with Crippen LogP contribution < -0.4 is 5.32 Å². The Morgan fingerprint density at radius 2 is 1.62 bits per heavy atom. The molecule has 1 saturated carbocycles. The van der Waals surface area contributed by atoms with Crippen LogP contribution >= 0.6 is 0 Å². The Kier molecular flexibility index (Phi) is 6.25. The number of rotatable bonds is 6. The van der Waals surface area contributed by atoms with Crippen molar-refractivity contribution in [1.82, 2.24) is 5.32 Å². The van der Waals surface area contributed by atoms with Crippen molar-refractivity contribution in [1.29, 1.82) is 0 Å². The molecule has 2 N–H and O–H groups in total. The van der Waals surface area contributed by atoms with Crippen molar-refractivity contribution in [2.24, 2.45) is 0 Å². The third-order valence-corrected chi connectivity index (χ3v) is 4.82. The molecular weight excluding hydrogens is 258 g/mol.